The second-order valence-corrected chi connectivity index (χ2v) is 5.86. The SMILES string of the molecule is CCCCCCCc1ccc([N+]([O-])=Nc2ccc(C#N)cc2)cc1. The fraction of sp³-hybridized carbons (Fsp3) is 0.350. The van der Waals surface area contributed by atoms with Crippen molar-refractivity contribution in [2.24, 2.45) is 5.11 Å². The smallest absolute Gasteiger partial charge is 0.244 e. The summed E-state index contributed by atoms with van der Waals surface area (Å²) < 4.78 is 0. The Hall–Kier alpha value is -2.67. The van der Waals surface area contributed by atoms with Gasteiger partial charge in [-0.2, -0.15) is 5.26 Å². The Labute approximate surface area is 143 Å². The van der Waals surface area contributed by atoms with Gasteiger partial charge < -0.3 is 5.21 Å². The molecule has 0 N–H and O–H groups in total. The van der Waals surface area contributed by atoms with Crippen LogP contribution in [-0.2, 0) is 6.42 Å². The lowest BCUT2D eigenvalue weighted by Gasteiger charge is -2.03. The zero-order chi connectivity index (χ0) is 17.2. The van der Waals surface area contributed by atoms with E-state index in [1.165, 1.54) is 37.7 Å². The fourth-order valence-corrected chi connectivity index (χ4v) is 2.49. The molecule has 0 aliphatic heterocycles. The van der Waals surface area contributed by atoms with Crippen LogP contribution in [0.4, 0.5) is 11.4 Å². The monoisotopic (exact) mass is 321 g/mol. The van der Waals surface area contributed by atoms with Gasteiger partial charge >= 0.3 is 0 Å². The molecule has 0 atom stereocenters. The van der Waals surface area contributed by atoms with Crippen LogP contribution in [-0.4, -0.2) is 4.86 Å². The van der Waals surface area contributed by atoms with Gasteiger partial charge in [0.2, 0.25) is 5.69 Å². The number of aryl methyl sites for hydroxylation is 1. The summed E-state index contributed by atoms with van der Waals surface area (Å²) in [5.74, 6) is 0. The highest BCUT2D eigenvalue weighted by atomic mass is 16.5. The number of hydrogen-bond acceptors (Lipinski definition) is 3. The van der Waals surface area contributed by atoms with Crippen molar-refractivity contribution in [3.05, 3.63) is 64.9 Å². The van der Waals surface area contributed by atoms with Gasteiger partial charge in [0.15, 0.2) is 0 Å². The maximum absolute atomic E-state index is 12.1. The van der Waals surface area contributed by atoms with E-state index in [4.69, 9.17) is 5.26 Å². The predicted octanol–water partition coefficient (Wildman–Crippen LogP) is 6.00. The molecule has 0 amide bonds. The van der Waals surface area contributed by atoms with Gasteiger partial charge in [-0.25, -0.2) is 0 Å². The molecule has 2 aromatic carbocycles. The van der Waals surface area contributed by atoms with Crippen molar-refractivity contribution in [1.29, 1.82) is 5.26 Å². The molecule has 0 spiro atoms. The molecule has 0 radical (unpaired) electrons. The highest BCUT2D eigenvalue weighted by Crippen LogP contribution is 2.19. The molecule has 2 aromatic rings. The molecule has 24 heavy (non-hydrogen) atoms. The number of benzene rings is 2. The summed E-state index contributed by atoms with van der Waals surface area (Å²) in [6.07, 6.45) is 7.37. The molecule has 0 unspecified atom stereocenters. The van der Waals surface area contributed by atoms with Crippen molar-refractivity contribution in [2.45, 2.75) is 45.4 Å². The third kappa shape index (κ3) is 5.51. The van der Waals surface area contributed by atoms with Crippen molar-refractivity contribution >= 4 is 11.4 Å². The highest BCUT2D eigenvalue weighted by Gasteiger charge is 2.04. The van der Waals surface area contributed by atoms with E-state index >= 15 is 0 Å². The fourth-order valence-electron chi connectivity index (χ4n) is 2.49. The maximum Gasteiger partial charge on any atom is 0.244 e. The first-order valence-corrected chi connectivity index (χ1v) is 8.51. The third-order valence-electron chi connectivity index (χ3n) is 3.93. The maximum atomic E-state index is 12.1. The van der Waals surface area contributed by atoms with Crippen LogP contribution in [0.1, 0.15) is 50.2 Å². The first-order valence-electron chi connectivity index (χ1n) is 8.51. The second kappa shape index (κ2) is 9.46. The van der Waals surface area contributed by atoms with Crippen molar-refractivity contribution in [1.82, 2.24) is 0 Å². The molecule has 0 aliphatic carbocycles. The van der Waals surface area contributed by atoms with Gasteiger partial charge in [0.25, 0.3) is 0 Å². The average Bonchev–Trinajstić information content (AvgIpc) is 2.62. The largest absolute Gasteiger partial charge is 0.594 e. The Bertz CT molecular complexity index is 697. The lowest BCUT2D eigenvalue weighted by atomic mass is 10.1. The van der Waals surface area contributed by atoms with Crippen molar-refractivity contribution < 1.29 is 4.86 Å². The molecule has 0 aliphatic rings. The Morgan fingerprint density at radius 2 is 1.62 bits per heavy atom. The van der Waals surface area contributed by atoms with Crippen LogP contribution in [0.25, 0.3) is 0 Å². The van der Waals surface area contributed by atoms with E-state index < -0.39 is 0 Å². The summed E-state index contributed by atoms with van der Waals surface area (Å²) in [4.78, 5) is 0.617. The molecule has 0 bridgehead atoms. The van der Waals surface area contributed by atoms with E-state index in [2.05, 4.69) is 12.0 Å². The molecule has 4 nitrogen and oxygen atoms in total. The van der Waals surface area contributed by atoms with Crippen LogP contribution < -0.4 is 0 Å². The van der Waals surface area contributed by atoms with Crippen LogP contribution >= 0.6 is 0 Å². The van der Waals surface area contributed by atoms with Crippen LogP contribution in [0.3, 0.4) is 0 Å². The number of nitrogens with zero attached hydrogens (tertiary/aromatic N) is 3. The normalized spacial score (nSPS) is 11.2. The van der Waals surface area contributed by atoms with Gasteiger partial charge in [-0.1, -0.05) is 49.6 Å². The Kier molecular flexibility index (Phi) is 6.97. The summed E-state index contributed by atoms with van der Waals surface area (Å²) in [6.45, 7) is 2.22. The summed E-state index contributed by atoms with van der Waals surface area (Å²) >= 11 is 0. The van der Waals surface area contributed by atoms with E-state index in [1.54, 1.807) is 24.3 Å². The van der Waals surface area contributed by atoms with Crippen LogP contribution in [0.15, 0.2) is 53.6 Å². The molecule has 124 valence electrons. The Balaban J connectivity index is 1.93. The third-order valence-corrected chi connectivity index (χ3v) is 3.93. The molecular formula is C20H23N3O. The highest BCUT2D eigenvalue weighted by molar-refractivity contribution is 5.42. The minimum Gasteiger partial charge on any atom is -0.594 e. The molecule has 0 saturated carbocycles. The van der Waals surface area contributed by atoms with Gasteiger partial charge in [-0.15, -0.1) is 0 Å². The number of hydrogen-bond donors (Lipinski definition) is 0. The van der Waals surface area contributed by atoms with Crippen LogP contribution in [0.5, 0.6) is 0 Å². The van der Waals surface area contributed by atoms with Crippen molar-refractivity contribution in [3.8, 4) is 6.07 Å². The lowest BCUT2D eigenvalue weighted by molar-refractivity contribution is -0.435. The van der Waals surface area contributed by atoms with Gasteiger partial charge in [0.1, 0.15) is 5.69 Å². The van der Waals surface area contributed by atoms with E-state index in [0.717, 1.165) is 6.42 Å². The van der Waals surface area contributed by atoms with Gasteiger partial charge in [0, 0.05) is 17.2 Å². The summed E-state index contributed by atoms with van der Waals surface area (Å²) in [6, 6.07) is 16.3. The van der Waals surface area contributed by atoms with Gasteiger partial charge in [-0.05, 0) is 42.7 Å². The molecule has 0 aromatic heterocycles. The second-order valence-electron chi connectivity index (χ2n) is 5.86. The van der Waals surface area contributed by atoms with Gasteiger partial charge in [-0.3, -0.25) is 0 Å². The number of nitriles is 1. The molecular weight excluding hydrogens is 298 g/mol. The molecule has 0 fully saturated rings. The van der Waals surface area contributed by atoms with Gasteiger partial charge in [0.05, 0.1) is 11.6 Å². The topological polar surface area (TPSA) is 62.2 Å². The lowest BCUT2D eigenvalue weighted by Crippen LogP contribution is -1.92. The minimum atomic E-state index is 0.508. The molecule has 0 heterocycles. The van der Waals surface area contributed by atoms with E-state index in [0.29, 0.717) is 21.8 Å². The number of unbranched alkanes of at least 4 members (excludes halogenated alkanes) is 4. The minimum absolute atomic E-state index is 0.508. The number of azo groups is 1. The molecule has 2 rings (SSSR count). The molecule has 4 heteroatoms. The summed E-state index contributed by atoms with van der Waals surface area (Å²) in [5.41, 5.74) is 2.84. The van der Waals surface area contributed by atoms with Crippen LogP contribution in [0.2, 0.25) is 0 Å². The quantitative estimate of drug-likeness (QED) is 0.259. The summed E-state index contributed by atoms with van der Waals surface area (Å²) in [5, 5.41) is 24.9. The van der Waals surface area contributed by atoms with Crippen molar-refractivity contribution in [2.75, 3.05) is 0 Å². The zero-order valence-electron chi connectivity index (χ0n) is 14.1. The first kappa shape index (κ1) is 17.7. The number of rotatable bonds is 8. The Morgan fingerprint density at radius 1 is 0.958 bits per heavy atom. The van der Waals surface area contributed by atoms with E-state index in [9.17, 15) is 5.21 Å². The van der Waals surface area contributed by atoms with Crippen LogP contribution in [0, 0.1) is 16.5 Å². The van der Waals surface area contributed by atoms with Crippen molar-refractivity contribution in [3.63, 3.8) is 0 Å². The Morgan fingerprint density at radius 3 is 2.25 bits per heavy atom. The standard InChI is InChI=1S/C20H23N3O/c1-2-3-4-5-6-7-17-10-14-20(15-11-17)23(24)22-19-12-8-18(16-21)9-13-19/h8-15H,2-7H2,1H3. The zero-order valence-corrected chi connectivity index (χ0v) is 14.1. The predicted molar refractivity (Wildman–Crippen MR) is 95.4 cm³/mol. The summed E-state index contributed by atoms with van der Waals surface area (Å²) in [7, 11) is 0. The first-order chi connectivity index (χ1) is 11.7. The average molecular weight is 321 g/mol. The van der Waals surface area contributed by atoms with E-state index in [-0.39, 0.29) is 0 Å². The molecule has 0 saturated heterocycles. The van der Waals surface area contributed by atoms with E-state index in [1.807, 2.05) is 30.3 Å².